The number of hydrogen-bond donors (Lipinski definition) is 0. The van der Waals surface area contributed by atoms with E-state index in [2.05, 4.69) is 23.2 Å². The Morgan fingerprint density at radius 1 is 1.40 bits per heavy atom. The first kappa shape index (κ1) is 7.45. The highest BCUT2D eigenvalue weighted by Gasteiger charge is 2.04. The van der Waals surface area contributed by atoms with E-state index in [1.54, 1.807) is 6.20 Å². The van der Waals surface area contributed by atoms with Crippen LogP contribution in [0.25, 0.3) is 0 Å². The Labute approximate surface area is 62.0 Å². The van der Waals surface area contributed by atoms with Crippen LogP contribution in [0.15, 0.2) is 22.5 Å². The third-order valence-corrected chi connectivity index (χ3v) is 1.69. The first-order valence-corrected chi connectivity index (χ1v) is 4.00. The molecular formula is C8H14N2. The van der Waals surface area contributed by atoms with Crippen LogP contribution in [0.1, 0.15) is 32.6 Å². The van der Waals surface area contributed by atoms with E-state index in [-0.39, 0.29) is 0 Å². The third kappa shape index (κ3) is 2.29. The van der Waals surface area contributed by atoms with Crippen LogP contribution in [-0.4, -0.2) is 6.04 Å². The van der Waals surface area contributed by atoms with Crippen molar-refractivity contribution in [2.75, 3.05) is 0 Å². The molecule has 1 aliphatic heterocycles. The van der Waals surface area contributed by atoms with E-state index < -0.39 is 0 Å². The Balaban J connectivity index is 2.03. The molecule has 0 aromatic rings. The molecule has 10 heavy (non-hydrogen) atoms. The van der Waals surface area contributed by atoms with Gasteiger partial charge in [-0.25, -0.2) is 0 Å². The highest BCUT2D eigenvalue weighted by atomic mass is 15.1. The van der Waals surface area contributed by atoms with Gasteiger partial charge in [-0.05, 0) is 12.5 Å². The lowest BCUT2D eigenvalue weighted by Crippen LogP contribution is -1.95. The molecule has 0 radical (unpaired) electrons. The summed E-state index contributed by atoms with van der Waals surface area (Å²) in [7, 11) is 0. The number of rotatable bonds is 4. The molecule has 2 nitrogen and oxygen atoms in total. The number of nitrogens with zero attached hydrogens (tertiary/aromatic N) is 2. The van der Waals surface area contributed by atoms with Gasteiger partial charge in [0.2, 0.25) is 0 Å². The first-order valence-electron chi connectivity index (χ1n) is 4.00. The summed E-state index contributed by atoms with van der Waals surface area (Å²) >= 11 is 0. The van der Waals surface area contributed by atoms with Gasteiger partial charge in [-0.1, -0.05) is 26.2 Å². The van der Waals surface area contributed by atoms with E-state index in [0.29, 0.717) is 6.04 Å². The minimum Gasteiger partial charge on any atom is -0.182 e. The van der Waals surface area contributed by atoms with Gasteiger partial charge in [0.1, 0.15) is 0 Å². The molecule has 0 saturated heterocycles. The first-order chi connectivity index (χ1) is 4.93. The summed E-state index contributed by atoms with van der Waals surface area (Å²) in [6.45, 7) is 2.21. The molecule has 0 fully saturated rings. The van der Waals surface area contributed by atoms with E-state index in [0.717, 1.165) is 0 Å². The standard InChI is InChI=1S/C8H14N2/c1-2-3-4-5-8-6-7-9-10-8/h6-8H,2-5H2,1H3. The fourth-order valence-corrected chi connectivity index (χ4v) is 1.06. The maximum absolute atomic E-state index is 4.02. The van der Waals surface area contributed by atoms with E-state index >= 15 is 0 Å². The fraction of sp³-hybridized carbons (Fsp3) is 0.750. The van der Waals surface area contributed by atoms with Gasteiger partial charge >= 0.3 is 0 Å². The molecule has 0 spiro atoms. The van der Waals surface area contributed by atoms with Crippen LogP contribution in [0.3, 0.4) is 0 Å². The smallest absolute Gasteiger partial charge is 0.0911 e. The van der Waals surface area contributed by atoms with Crippen LogP contribution in [0, 0.1) is 0 Å². The second kappa shape index (κ2) is 4.20. The summed E-state index contributed by atoms with van der Waals surface area (Å²) in [4.78, 5) is 0. The number of hydrogen-bond acceptors (Lipinski definition) is 2. The molecular weight excluding hydrogens is 124 g/mol. The average Bonchev–Trinajstić information content (AvgIpc) is 2.41. The van der Waals surface area contributed by atoms with Crippen molar-refractivity contribution in [1.29, 1.82) is 0 Å². The Morgan fingerprint density at radius 3 is 2.90 bits per heavy atom. The summed E-state index contributed by atoms with van der Waals surface area (Å²) < 4.78 is 0. The van der Waals surface area contributed by atoms with Crippen molar-refractivity contribution >= 4 is 0 Å². The lowest BCUT2D eigenvalue weighted by atomic mass is 10.1. The Bertz CT molecular complexity index is 126. The van der Waals surface area contributed by atoms with Gasteiger partial charge in [0.25, 0.3) is 0 Å². The van der Waals surface area contributed by atoms with E-state index in [4.69, 9.17) is 0 Å². The van der Waals surface area contributed by atoms with Crippen molar-refractivity contribution in [3.05, 3.63) is 12.3 Å². The minimum atomic E-state index is 0.395. The summed E-state index contributed by atoms with van der Waals surface area (Å²) in [5.41, 5.74) is 0. The van der Waals surface area contributed by atoms with Gasteiger partial charge in [-0.3, -0.25) is 0 Å². The predicted molar refractivity (Wildman–Crippen MR) is 41.9 cm³/mol. The van der Waals surface area contributed by atoms with Gasteiger partial charge < -0.3 is 0 Å². The topological polar surface area (TPSA) is 24.7 Å². The monoisotopic (exact) mass is 138 g/mol. The molecule has 0 aliphatic carbocycles. The van der Waals surface area contributed by atoms with Gasteiger partial charge in [-0.2, -0.15) is 10.2 Å². The second-order valence-electron chi connectivity index (χ2n) is 2.64. The quantitative estimate of drug-likeness (QED) is 0.533. The van der Waals surface area contributed by atoms with Crippen LogP contribution >= 0.6 is 0 Å². The zero-order valence-corrected chi connectivity index (χ0v) is 6.45. The van der Waals surface area contributed by atoms with E-state index in [1.165, 1.54) is 25.7 Å². The highest BCUT2D eigenvalue weighted by molar-refractivity contribution is 4.95. The zero-order chi connectivity index (χ0) is 7.23. The van der Waals surface area contributed by atoms with Crippen LogP contribution < -0.4 is 0 Å². The molecule has 2 heteroatoms. The minimum absolute atomic E-state index is 0.395. The van der Waals surface area contributed by atoms with Gasteiger partial charge in [0.05, 0.1) is 6.04 Å². The van der Waals surface area contributed by atoms with Crippen molar-refractivity contribution in [3.8, 4) is 0 Å². The molecule has 1 atom stereocenters. The van der Waals surface area contributed by atoms with E-state index in [1.807, 2.05) is 0 Å². The normalized spacial score (nSPS) is 22.3. The van der Waals surface area contributed by atoms with Crippen molar-refractivity contribution in [2.24, 2.45) is 10.2 Å². The van der Waals surface area contributed by atoms with Crippen molar-refractivity contribution in [1.82, 2.24) is 0 Å². The molecule has 0 bridgehead atoms. The zero-order valence-electron chi connectivity index (χ0n) is 6.45. The molecule has 0 saturated carbocycles. The maximum Gasteiger partial charge on any atom is 0.0911 e. The lowest BCUT2D eigenvalue weighted by molar-refractivity contribution is 0.619. The summed E-state index contributed by atoms with van der Waals surface area (Å²) in [5.74, 6) is 0. The Morgan fingerprint density at radius 2 is 2.30 bits per heavy atom. The van der Waals surface area contributed by atoms with Crippen LogP contribution in [0.2, 0.25) is 0 Å². The van der Waals surface area contributed by atoms with Crippen LogP contribution in [-0.2, 0) is 0 Å². The van der Waals surface area contributed by atoms with Gasteiger partial charge in [0.15, 0.2) is 0 Å². The molecule has 0 aromatic carbocycles. The molecule has 0 amide bonds. The molecule has 1 unspecified atom stereocenters. The van der Waals surface area contributed by atoms with E-state index in [9.17, 15) is 0 Å². The molecule has 0 aromatic heterocycles. The van der Waals surface area contributed by atoms with Gasteiger partial charge in [-0.15, -0.1) is 0 Å². The third-order valence-electron chi connectivity index (χ3n) is 1.69. The largest absolute Gasteiger partial charge is 0.182 e. The summed E-state index contributed by atoms with van der Waals surface area (Å²) in [6, 6.07) is 0.395. The lowest BCUT2D eigenvalue weighted by Gasteiger charge is -1.99. The summed E-state index contributed by atoms with van der Waals surface area (Å²) in [6.07, 6.45) is 8.91. The fourth-order valence-electron chi connectivity index (χ4n) is 1.06. The second-order valence-corrected chi connectivity index (χ2v) is 2.64. The molecule has 0 N–H and O–H groups in total. The molecule has 1 heterocycles. The number of unbranched alkanes of at least 4 members (excludes halogenated alkanes) is 2. The van der Waals surface area contributed by atoms with Gasteiger partial charge in [0, 0.05) is 6.20 Å². The molecule has 1 rings (SSSR count). The molecule has 1 aliphatic rings. The maximum atomic E-state index is 4.02. The average molecular weight is 138 g/mol. The van der Waals surface area contributed by atoms with Crippen LogP contribution in [0.4, 0.5) is 0 Å². The van der Waals surface area contributed by atoms with Crippen LogP contribution in [0.5, 0.6) is 0 Å². The van der Waals surface area contributed by atoms with Crippen molar-refractivity contribution < 1.29 is 0 Å². The Hall–Kier alpha value is -0.660. The highest BCUT2D eigenvalue weighted by Crippen LogP contribution is 2.11. The predicted octanol–water partition coefficient (Wildman–Crippen LogP) is 2.91. The SMILES string of the molecule is CCCCCC1C=CN=N1. The summed E-state index contributed by atoms with van der Waals surface area (Å²) in [5, 5.41) is 7.81. The van der Waals surface area contributed by atoms with Crippen molar-refractivity contribution in [2.45, 2.75) is 38.6 Å². The Kier molecular flexibility index (Phi) is 3.13. The van der Waals surface area contributed by atoms with Crippen molar-refractivity contribution in [3.63, 3.8) is 0 Å². The number of azo groups is 1. The molecule has 56 valence electrons.